The van der Waals surface area contributed by atoms with Crippen molar-refractivity contribution >= 4 is 7.85 Å². The first kappa shape index (κ1) is 9.77. The predicted molar refractivity (Wildman–Crippen MR) is 50.2 cm³/mol. The summed E-state index contributed by atoms with van der Waals surface area (Å²) >= 11 is 0. The fourth-order valence-corrected chi connectivity index (χ4v) is 1.09. The third-order valence-electron chi connectivity index (χ3n) is 1.82. The number of benzene rings is 1. The van der Waals surface area contributed by atoms with Crippen LogP contribution in [0.15, 0.2) is 12.1 Å². The molecule has 0 saturated heterocycles. The molecule has 0 atom stereocenters. The second kappa shape index (κ2) is 2.87. The molecule has 1 aromatic rings. The average molecular weight is 178 g/mol. The Bertz CT molecular complexity index is 328. The van der Waals surface area contributed by atoms with E-state index in [-0.39, 0.29) is 11.5 Å². The molecule has 13 heavy (non-hydrogen) atoms. The van der Waals surface area contributed by atoms with Gasteiger partial charge < -0.3 is 15.3 Å². The van der Waals surface area contributed by atoms with Crippen LogP contribution >= 0.6 is 0 Å². The molecule has 0 bridgehead atoms. The monoisotopic (exact) mass is 178 g/mol. The van der Waals surface area contributed by atoms with E-state index in [2.05, 4.69) is 0 Å². The van der Waals surface area contributed by atoms with E-state index in [4.69, 9.17) is 13.0 Å². The molecule has 0 aliphatic rings. The molecule has 0 fully saturated rings. The van der Waals surface area contributed by atoms with Crippen LogP contribution in [0.4, 0.5) is 0 Å². The van der Waals surface area contributed by atoms with Crippen LogP contribution in [-0.4, -0.2) is 23.2 Å². The van der Waals surface area contributed by atoms with Crippen LogP contribution in [0.1, 0.15) is 19.4 Å². The molecule has 68 valence electrons. The maximum absolute atomic E-state index is 9.42. The molecule has 4 heteroatoms. The first-order valence-electron chi connectivity index (χ1n) is 3.87. The Kier molecular flexibility index (Phi) is 2.16. The maximum Gasteiger partial charge on any atom is 0.200 e. The van der Waals surface area contributed by atoms with Crippen LogP contribution in [-0.2, 0) is 5.31 Å². The third-order valence-corrected chi connectivity index (χ3v) is 1.82. The summed E-state index contributed by atoms with van der Waals surface area (Å²) < 4.78 is 0. The van der Waals surface area contributed by atoms with Gasteiger partial charge in [-0.2, -0.15) is 0 Å². The van der Waals surface area contributed by atoms with Crippen molar-refractivity contribution in [3.63, 3.8) is 0 Å². The van der Waals surface area contributed by atoms with Crippen LogP contribution in [0.2, 0.25) is 0 Å². The first-order chi connectivity index (χ1) is 5.84. The molecule has 0 heterocycles. The largest absolute Gasteiger partial charge is 0.504 e. The van der Waals surface area contributed by atoms with Crippen molar-refractivity contribution in [1.29, 1.82) is 0 Å². The quantitative estimate of drug-likeness (QED) is 0.447. The maximum atomic E-state index is 9.42. The molecule has 0 unspecified atom stereocenters. The van der Waals surface area contributed by atoms with Gasteiger partial charge in [-0.15, -0.1) is 0 Å². The Labute approximate surface area is 78.1 Å². The molecule has 1 aromatic carbocycles. The van der Waals surface area contributed by atoms with Gasteiger partial charge in [0.1, 0.15) is 0 Å². The summed E-state index contributed by atoms with van der Waals surface area (Å²) in [6.07, 6.45) is 0. The molecule has 0 aliphatic carbocycles. The van der Waals surface area contributed by atoms with Gasteiger partial charge in [-0.25, -0.2) is 0 Å². The molecule has 0 spiro atoms. The molecule has 1 rings (SSSR count). The average Bonchev–Trinajstić information content (AvgIpc) is 1.98. The molecule has 3 nitrogen and oxygen atoms in total. The fourth-order valence-electron chi connectivity index (χ4n) is 1.09. The van der Waals surface area contributed by atoms with Gasteiger partial charge in [-0.1, -0.05) is 19.9 Å². The SMILES string of the molecule is [B]C(C)(C)c1ccc(O)c(O)c1O. The Morgan fingerprint density at radius 1 is 1.08 bits per heavy atom. The minimum atomic E-state index is -0.755. The predicted octanol–water partition coefficient (Wildman–Crippen LogP) is 1.21. The Balaban J connectivity index is 3.35. The summed E-state index contributed by atoms with van der Waals surface area (Å²) in [5.41, 5.74) is 0.391. The minimum absolute atomic E-state index is 0.356. The third kappa shape index (κ3) is 1.71. The number of rotatable bonds is 1. The highest BCUT2D eigenvalue weighted by atomic mass is 16.3. The minimum Gasteiger partial charge on any atom is -0.504 e. The van der Waals surface area contributed by atoms with Crippen LogP contribution in [0, 0.1) is 0 Å². The number of phenols is 3. The van der Waals surface area contributed by atoms with Crippen molar-refractivity contribution in [3.05, 3.63) is 17.7 Å². The first-order valence-corrected chi connectivity index (χ1v) is 3.87. The molecule has 0 saturated carbocycles. The van der Waals surface area contributed by atoms with Crippen molar-refractivity contribution in [2.24, 2.45) is 0 Å². The highest BCUT2D eigenvalue weighted by molar-refractivity contribution is 6.15. The van der Waals surface area contributed by atoms with E-state index in [9.17, 15) is 10.2 Å². The lowest BCUT2D eigenvalue weighted by atomic mass is 9.67. The number of phenolic OH excluding ortho intramolecular Hbond substituents is 3. The molecular weight excluding hydrogens is 167 g/mol. The van der Waals surface area contributed by atoms with Crippen molar-refractivity contribution in [1.82, 2.24) is 0 Å². The van der Waals surface area contributed by atoms with E-state index in [0.717, 1.165) is 0 Å². The second-order valence-corrected chi connectivity index (χ2v) is 3.55. The Morgan fingerprint density at radius 2 is 1.62 bits per heavy atom. The topological polar surface area (TPSA) is 60.7 Å². The van der Waals surface area contributed by atoms with Gasteiger partial charge >= 0.3 is 0 Å². The van der Waals surface area contributed by atoms with Crippen molar-refractivity contribution in [2.75, 3.05) is 0 Å². The second-order valence-electron chi connectivity index (χ2n) is 3.55. The summed E-state index contributed by atoms with van der Waals surface area (Å²) in [6.45, 7) is 3.39. The number of hydrogen-bond donors (Lipinski definition) is 3. The van der Waals surface area contributed by atoms with E-state index in [1.54, 1.807) is 13.8 Å². The summed E-state index contributed by atoms with van der Waals surface area (Å²) in [6, 6.07) is 2.77. The molecule has 3 N–H and O–H groups in total. The highest BCUT2D eigenvalue weighted by Gasteiger charge is 2.21. The zero-order chi connectivity index (χ0) is 10.2. The molecule has 2 radical (unpaired) electrons. The summed E-state index contributed by atoms with van der Waals surface area (Å²) in [5, 5.41) is 26.9. The van der Waals surface area contributed by atoms with Gasteiger partial charge in [-0.05, 0) is 16.9 Å². The summed E-state index contributed by atoms with van der Waals surface area (Å²) in [5.74, 6) is -1.26. The van der Waals surface area contributed by atoms with Gasteiger partial charge in [0, 0.05) is 0 Å². The zero-order valence-corrected chi connectivity index (χ0v) is 7.57. The molecular formula is C9H11BO3. The van der Waals surface area contributed by atoms with E-state index >= 15 is 0 Å². The highest BCUT2D eigenvalue weighted by Crippen LogP contribution is 2.40. The Morgan fingerprint density at radius 3 is 2.08 bits per heavy atom. The smallest absolute Gasteiger partial charge is 0.200 e. The number of aromatic hydroxyl groups is 3. The van der Waals surface area contributed by atoms with Gasteiger partial charge in [0.2, 0.25) is 5.75 Å². The summed E-state index contributed by atoms with van der Waals surface area (Å²) in [4.78, 5) is 0. The van der Waals surface area contributed by atoms with E-state index in [1.165, 1.54) is 12.1 Å². The van der Waals surface area contributed by atoms with Crippen LogP contribution in [0.5, 0.6) is 17.2 Å². The lowest BCUT2D eigenvalue weighted by Gasteiger charge is -2.21. The van der Waals surface area contributed by atoms with Crippen LogP contribution in [0.25, 0.3) is 0 Å². The van der Waals surface area contributed by atoms with Gasteiger partial charge in [0.25, 0.3) is 0 Å². The number of hydrogen-bond acceptors (Lipinski definition) is 3. The summed E-state index contributed by atoms with van der Waals surface area (Å²) in [7, 11) is 5.72. The lowest BCUT2D eigenvalue weighted by Crippen LogP contribution is -2.16. The van der Waals surface area contributed by atoms with E-state index < -0.39 is 11.1 Å². The van der Waals surface area contributed by atoms with Gasteiger partial charge in [0.05, 0.1) is 7.85 Å². The van der Waals surface area contributed by atoms with Gasteiger partial charge in [-0.3, -0.25) is 0 Å². The Hall–Kier alpha value is -1.32. The molecule has 0 amide bonds. The van der Waals surface area contributed by atoms with Crippen molar-refractivity contribution in [3.8, 4) is 17.2 Å². The van der Waals surface area contributed by atoms with Gasteiger partial charge in [0.15, 0.2) is 11.5 Å². The fraction of sp³-hybridized carbons (Fsp3) is 0.333. The molecule has 0 aliphatic heterocycles. The zero-order valence-electron chi connectivity index (χ0n) is 7.57. The van der Waals surface area contributed by atoms with E-state index in [0.29, 0.717) is 5.56 Å². The molecule has 0 aromatic heterocycles. The van der Waals surface area contributed by atoms with Crippen LogP contribution in [0.3, 0.4) is 0 Å². The standard InChI is InChI=1S/C9H11BO3/c1-9(2,10)5-3-4-6(11)8(13)7(5)12/h3-4,11-13H,1-2H3. The van der Waals surface area contributed by atoms with E-state index in [1.807, 2.05) is 0 Å². The van der Waals surface area contributed by atoms with Crippen molar-refractivity contribution in [2.45, 2.75) is 19.2 Å². The van der Waals surface area contributed by atoms with Crippen LogP contribution < -0.4 is 0 Å². The normalized spacial score (nSPS) is 11.5. The van der Waals surface area contributed by atoms with Crippen molar-refractivity contribution < 1.29 is 15.3 Å². The lowest BCUT2D eigenvalue weighted by molar-refractivity contribution is 0.362.